The van der Waals surface area contributed by atoms with Crippen molar-refractivity contribution in [2.75, 3.05) is 4.90 Å². The summed E-state index contributed by atoms with van der Waals surface area (Å²) in [7, 11) is 0. The van der Waals surface area contributed by atoms with Crippen molar-refractivity contribution >= 4 is 46.9 Å². The molecule has 0 bridgehead atoms. The van der Waals surface area contributed by atoms with Crippen molar-refractivity contribution in [1.29, 1.82) is 0 Å². The Morgan fingerprint density at radius 2 is 1.68 bits per heavy atom. The first-order valence-corrected chi connectivity index (χ1v) is 11.0. The number of anilines is 1. The van der Waals surface area contributed by atoms with E-state index in [4.69, 9.17) is 17.3 Å². The van der Waals surface area contributed by atoms with Gasteiger partial charge in [-0.15, -0.1) is 0 Å². The monoisotopic (exact) mass is 473 g/mol. The number of nitrogens with zero attached hydrogens (tertiary/aromatic N) is 2. The molecule has 1 fully saturated rings. The fraction of sp³-hybridized carbons (Fsp3) is 0.154. The standard InChI is InChI=1S/C26H23N3O4S/c1-14-5-6-15(2)22(11-14)29-24(31)21(23(30)27-26(29)34)13-19-12-16(3)28(17(19)4)20-9-7-18(8-10-20)25(32)33/h5-13H,1-4H3,(H,32,33)(H,27,30,34)/b21-13+. The van der Waals surface area contributed by atoms with Crippen molar-refractivity contribution < 1.29 is 19.5 Å². The number of thiocarbonyl (C=S) groups is 1. The van der Waals surface area contributed by atoms with Crippen LogP contribution in [0.25, 0.3) is 11.8 Å². The van der Waals surface area contributed by atoms with Crippen LogP contribution in [0.1, 0.15) is 38.4 Å². The van der Waals surface area contributed by atoms with E-state index in [-0.39, 0.29) is 16.2 Å². The smallest absolute Gasteiger partial charge is 0.335 e. The molecule has 2 aromatic carbocycles. The highest BCUT2D eigenvalue weighted by molar-refractivity contribution is 7.80. The summed E-state index contributed by atoms with van der Waals surface area (Å²) in [6.07, 6.45) is 1.57. The van der Waals surface area contributed by atoms with E-state index >= 15 is 0 Å². The molecular formula is C26H23N3O4S. The third-order valence-corrected chi connectivity index (χ3v) is 6.13. The van der Waals surface area contributed by atoms with Gasteiger partial charge in [0.15, 0.2) is 5.11 Å². The number of nitrogens with one attached hydrogen (secondary N) is 1. The molecule has 1 saturated heterocycles. The lowest BCUT2D eigenvalue weighted by Crippen LogP contribution is -2.54. The molecule has 2 N–H and O–H groups in total. The second kappa shape index (κ2) is 8.72. The summed E-state index contributed by atoms with van der Waals surface area (Å²) >= 11 is 5.33. The molecule has 172 valence electrons. The number of aromatic carboxylic acids is 1. The SMILES string of the molecule is Cc1ccc(C)c(N2C(=O)/C(=C/c3cc(C)n(-c4ccc(C(=O)O)cc4)c3C)C(=O)NC2=S)c1. The van der Waals surface area contributed by atoms with Gasteiger partial charge < -0.3 is 9.67 Å². The third-order valence-electron chi connectivity index (χ3n) is 5.85. The van der Waals surface area contributed by atoms with Crippen LogP contribution in [0, 0.1) is 27.7 Å². The summed E-state index contributed by atoms with van der Waals surface area (Å²) in [5.41, 5.74) is 5.80. The largest absolute Gasteiger partial charge is 0.478 e. The minimum Gasteiger partial charge on any atom is -0.478 e. The lowest BCUT2D eigenvalue weighted by atomic mass is 10.0. The number of hydrogen-bond donors (Lipinski definition) is 2. The lowest BCUT2D eigenvalue weighted by Gasteiger charge is -2.30. The number of carboxylic acid groups (broad SMARTS) is 1. The summed E-state index contributed by atoms with van der Waals surface area (Å²) in [5, 5.41) is 11.8. The van der Waals surface area contributed by atoms with E-state index in [0.29, 0.717) is 11.3 Å². The van der Waals surface area contributed by atoms with Gasteiger partial charge >= 0.3 is 5.97 Å². The Morgan fingerprint density at radius 3 is 2.32 bits per heavy atom. The fourth-order valence-electron chi connectivity index (χ4n) is 4.08. The van der Waals surface area contributed by atoms with E-state index in [2.05, 4.69) is 5.32 Å². The van der Waals surface area contributed by atoms with Crippen molar-refractivity contribution in [3.8, 4) is 5.69 Å². The first kappa shape index (κ1) is 23.1. The number of carboxylic acids is 1. The fourth-order valence-corrected chi connectivity index (χ4v) is 4.35. The molecule has 1 aliphatic heterocycles. The molecule has 1 aliphatic rings. The summed E-state index contributed by atoms with van der Waals surface area (Å²) in [4.78, 5) is 38.7. The molecule has 2 amide bonds. The number of rotatable bonds is 4. The highest BCUT2D eigenvalue weighted by Crippen LogP contribution is 2.28. The van der Waals surface area contributed by atoms with Crippen LogP contribution in [0.3, 0.4) is 0 Å². The third kappa shape index (κ3) is 4.04. The zero-order chi connectivity index (χ0) is 24.7. The van der Waals surface area contributed by atoms with Crippen molar-refractivity contribution in [1.82, 2.24) is 9.88 Å². The highest BCUT2D eigenvalue weighted by Gasteiger charge is 2.35. The van der Waals surface area contributed by atoms with Crippen LogP contribution in [0.5, 0.6) is 0 Å². The van der Waals surface area contributed by atoms with E-state index in [0.717, 1.165) is 28.2 Å². The summed E-state index contributed by atoms with van der Waals surface area (Å²) in [6.45, 7) is 7.59. The van der Waals surface area contributed by atoms with Gasteiger partial charge in [0, 0.05) is 17.1 Å². The van der Waals surface area contributed by atoms with Gasteiger partial charge in [-0.05, 0) is 99.1 Å². The predicted octanol–water partition coefficient (Wildman–Crippen LogP) is 4.24. The van der Waals surface area contributed by atoms with Crippen LogP contribution in [0.15, 0.2) is 54.1 Å². The van der Waals surface area contributed by atoms with Gasteiger partial charge in [0.1, 0.15) is 5.57 Å². The molecule has 34 heavy (non-hydrogen) atoms. The van der Waals surface area contributed by atoms with Crippen LogP contribution in [-0.2, 0) is 9.59 Å². The van der Waals surface area contributed by atoms with E-state index in [1.165, 1.54) is 17.0 Å². The van der Waals surface area contributed by atoms with E-state index in [1.807, 2.05) is 56.5 Å². The van der Waals surface area contributed by atoms with Gasteiger partial charge in [-0.2, -0.15) is 0 Å². The maximum absolute atomic E-state index is 13.4. The Kier molecular flexibility index (Phi) is 5.93. The normalized spacial score (nSPS) is 15.1. The van der Waals surface area contributed by atoms with Crippen molar-refractivity contribution in [2.24, 2.45) is 0 Å². The molecule has 2 heterocycles. The van der Waals surface area contributed by atoms with Gasteiger partial charge in [0.05, 0.1) is 11.3 Å². The predicted molar refractivity (Wildman–Crippen MR) is 134 cm³/mol. The second-order valence-electron chi connectivity index (χ2n) is 8.26. The first-order chi connectivity index (χ1) is 16.1. The summed E-state index contributed by atoms with van der Waals surface area (Å²) in [5.74, 6) is -2.03. The van der Waals surface area contributed by atoms with Crippen LogP contribution in [-0.4, -0.2) is 32.6 Å². The molecule has 3 aromatic rings. The quantitative estimate of drug-likeness (QED) is 0.336. The van der Waals surface area contributed by atoms with E-state index < -0.39 is 17.8 Å². The molecular weight excluding hydrogens is 450 g/mol. The van der Waals surface area contributed by atoms with Gasteiger partial charge in [-0.1, -0.05) is 12.1 Å². The Balaban J connectivity index is 1.76. The molecule has 0 saturated carbocycles. The summed E-state index contributed by atoms with van der Waals surface area (Å²) < 4.78 is 1.94. The van der Waals surface area contributed by atoms with Crippen molar-refractivity contribution in [3.05, 3.63) is 87.7 Å². The summed E-state index contributed by atoms with van der Waals surface area (Å²) in [6, 6.07) is 14.1. The molecule has 0 radical (unpaired) electrons. The molecule has 0 unspecified atom stereocenters. The minimum absolute atomic E-state index is 0.0176. The highest BCUT2D eigenvalue weighted by atomic mass is 32.1. The zero-order valence-electron chi connectivity index (χ0n) is 19.2. The minimum atomic E-state index is -0.994. The Morgan fingerprint density at radius 1 is 1.00 bits per heavy atom. The number of carbonyl (C=O) groups is 3. The van der Waals surface area contributed by atoms with Gasteiger partial charge in [-0.25, -0.2) is 4.79 Å². The number of hydrogen-bond acceptors (Lipinski definition) is 4. The van der Waals surface area contributed by atoms with E-state index in [1.54, 1.807) is 18.2 Å². The number of aromatic nitrogens is 1. The molecule has 1 aromatic heterocycles. The van der Waals surface area contributed by atoms with Gasteiger partial charge in [0.25, 0.3) is 11.8 Å². The average molecular weight is 474 g/mol. The van der Waals surface area contributed by atoms with Crippen molar-refractivity contribution in [2.45, 2.75) is 27.7 Å². The number of benzene rings is 2. The van der Waals surface area contributed by atoms with Gasteiger partial charge in [-0.3, -0.25) is 19.8 Å². The van der Waals surface area contributed by atoms with Crippen molar-refractivity contribution in [3.63, 3.8) is 0 Å². The van der Waals surface area contributed by atoms with E-state index in [9.17, 15) is 14.4 Å². The Bertz CT molecular complexity index is 1400. The average Bonchev–Trinajstić information content (AvgIpc) is 3.06. The Labute approximate surface area is 202 Å². The molecule has 4 rings (SSSR count). The zero-order valence-corrected chi connectivity index (χ0v) is 20.0. The van der Waals surface area contributed by atoms with Crippen LogP contribution in [0.4, 0.5) is 5.69 Å². The molecule has 0 spiro atoms. The van der Waals surface area contributed by atoms with Crippen LogP contribution in [0.2, 0.25) is 0 Å². The molecule has 0 aliphatic carbocycles. The topological polar surface area (TPSA) is 91.6 Å². The first-order valence-electron chi connectivity index (χ1n) is 10.6. The molecule has 8 heteroatoms. The Hall–Kier alpha value is -4.04. The lowest BCUT2D eigenvalue weighted by molar-refractivity contribution is -0.122. The second-order valence-corrected chi connectivity index (χ2v) is 8.65. The maximum Gasteiger partial charge on any atom is 0.335 e. The maximum atomic E-state index is 13.4. The molecule has 7 nitrogen and oxygen atoms in total. The number of carbonyl (C=O) groups excluding carboxylic acids is 2. The number of aryl methyl sites for hydroxylation is 3. The number of amides is 2. The molecule has 0 atom stereocenters. The van der Waals surface area contributed by atoms with Gasteiger partial charge in [0.2, 0.25) is 0 Å². The van der Waals surface area contributed by atoms with Crippen LogP contribution >= 0.6 is 12.2 Å². The van der Waals surface area contributed by atoms with Crippen LogP contribution < -0.4 is 10.2 Å².